The van der Waals surface area contributed by atoms with Crippen molar-refractivity contribution >= 4 is 11.6 Å². The van der Waals surface area contributed by atoms with Crippen LogP contribution in [0.3, 0.4) is 0 Å². The summed E-state index contributed by atoms with van der Waals surface area (Å²) in [5, 5.41) is 0. The maximum atomic E-state index is 11.2. The molecule has 2 N–H and O–H groups in total. The molecular weight excluding hydrogens is 230 g/mol. The van der Waals surface area contributed by atoms with Gasteiger partial charge in [0.2, 0.25) is 5.91 Å². The summed E-state index contributed by atoms with van der Waals surface area (Å²) in [6.07, 6.45) is 0. The van der Waals surface area contributed by atoms with Crippen LogP contribution in [-0.2, 0) is 0 Å². The molecule has 5 nitrogen and oxygen atoms in total. The van der Waals surface area contributed by atoms with Gasteiger partial charge in [-0.25, -0.2) is 0 Å². The molecular formula is C13H19N3O2. The normalized spacial score (nSPS) is 16.7. The van der Waals surface area contributed by atoms with E-state index in [1.807, 2.05) is 6.07 Å². The molecule has 1 aromatic rings. The monoisotopic (exact) mass is 249 g/mol. The van der Waals surface area contributed by atoms with Crippen LogP contribution in [0.1, 0.15) is 10.4 Å². The SMILES string of the molecule is COc1ccc(C(N)=O)cc1N1CCN(C)CC1. The third-order valence-electron chi connectivity index (χ3n) is 3.31. The topological polar surface area (TPSA) is 58.8 Å². The molecule has 1 saturated heterocycles. The number of ether oxygens (including phenoxy) is 1. The molecule has 1 aliphatic rings. The van der Waals surface area contributed by atoms with Crippen LogP contribution in [0.25, 0.3) is 0 Å². The molecule has 0 aromatic heterocycles. The zero-order valence-corrected chi connectivity index (χ0v) is 10.8. The molecule has 0 spiro atoms. The minimum Gasteiger partial charge on any atom is -0.495 e. The highest BCUT2D eigenvalue weighted by atomic mass is 16.5. The number of piperazine rings is 1. The van der Waals surface area contributed by atoms with Gasteiger partial charge in [0.1, 0.15) is 5.75 Å². The van der Waals surface area contributed by atoms with Crippen LogP contribution >= 0.6 is 0 Å². The lowest BCUT2D eigenvalue weighted by atomic mass is 10.1. The van der Waals surface area contributed by atoms with E-state index in [-0.39, 0.29) is 0 Å². The highest BCUT2D eigenvalue weighted by Gasteiger charge is 2.18. The second-order valence-electron chi connectivity index (χ2n) is 4.54. The summed E-state index contributed by atoms with van der Waals surface area (Å²) in [4.78, 5) is 15.7. The lowest BCUT2D eigenvalue weighted by molar-refractivity contribution is 0.100. The van der Waals surface area contributed by atoms with Crippen LogP contribution in [0.5, 0.6) is 5.75 Å². The molecule has 0 aliphatic carbocycles. The van der Waals surface area contributed by atoms with E-state index < -0.39 is 5.91 Å². The molecule has 2 rings (SSSR count). The molecule has 0 unspecified atom stereocenters. The summed E-state index contributed by atoms with van der Waals surface area (Å²) in [7, 11) is 3.74. The number of hydrogen-bond donors (Lipinski definition) is 1. The molecule has 1 amide bonds. The van der Waals surface area contributed by atoms with Crippen LogP contribution in [-0.4, -0.2) is 51.1 Å². The Bertz CT molecular complexity index is 440. The summed E-state index contributed by atoms with van der Waals surface area (Å²) in [6.45, 7) is 3.86. The number of likely N-dealkylation sites (N-methyl/N-ethyl adjacent to an activating group) is 1. The van der Waals surface area contributed by atoms with Gasteiger partial charge in [-0.15, -0.1) is 0 Å². The molecule has 1 heterocycles. The van der Waals surface area contributed by atoms with Crippen LogP contribution in [0, 0.1) is 0 Å². The van der Waals surface area contributed by atoms with Crippen molar-refractivity contribution < 1.29 is 9.53 Å². The summed E-state index contributed by atoms with van der Waals surface area (Å²) >= 11 is 0. The lowest BCUT2D eigenvalue weighted by Crippen LogP contribution is -2.44. The largest absolute Gasteiger partial charge is 0.495 e. The van der Waals surface area contributed by atoms with Crippen molar-refractivity contribution in [3.63, 3.8) is 0 Å². The Balaban J connectivity index is 2.29. The van der Waals surface area contributed by atoms with Crippen LogP contribution in [0.4, 0.5) is 5.69 Å². The highest BCUT2D eigenvalue weighted by molar-refractivity contribution is 5.94. The number of primary amides is 1. The fourth-order valence-electron chi connectivity index (χ4n) is 2.14. The zero-order chi connectivity index (χ0) is 13.1. The van der Waals surface area contributed by atoms with Crippen LogP contribution < -0.4 is 15.4 Å². The van der Waals surface area contributed by atoms with Crippen molar-refractivity contribution in [2.24, 2.45) is 5.73 Å². The molecule has 5 heteroatoms. The average molecular weight is 249 g/mol. The lowest BCUT2D eigenvalue weighted by Gasteiger charge is -2.34. The van der Waals surface area contributed by atoms with Crippen molar-refractivity contribution in [1.29, 1.82) is 0 Å². The van der Waals surface area contributed by atoms with Gasteiger partial charge in [0.15, 0.2) is 0 Å². The van der Waals surface area contributed by atoms with Crippen molar-refractivity contribution in [3.8, 4) is 5.75 Å². The van der Waals surface area contributed by atoms with E-state index in [9.17, 15) is 4.79 Å². The van der Waals surface area contributed by atoms with Crippen molar-refractivity contribution in [1.82, 2.24) is 4.90 Å². The second kappa shape index (κ2) is 5.27. The molecule has 1 aromatic carbocycles. The van der Waals surface area contributed by atoms with Crippen molar-refractivity contribution in [2.45, 2.75) is 0 Å². The third-order valence-corrected chi connectivity index (χ3v) is 3.31. The Morgan fingerprint density at radius 1 is 1.28 bits per heavy atom. The summed E-state index contributed by atoms with van der Waals surface area (Å²) in [6, 6.07) is 5.31. The number of carbonyl (C=O) groups is 1. The summed E-state index contributed by atoms with van der Waals surface area (Å²) in [5.74, 6) is 0.373. The molecule has 1 aliphatic heterocycles. The number of nitrogens with two attached hydrogens (primary N) is 1. The van der Waals surface area contributed by atoms with Crippen LogP contribution in [0.15, 0.2) is 18.2 Å². The number of anilines is 1. The van der Waals surface area contributed by atoms with Gasteiger partial charge in [0.25, 0.3) is 0 Å². The predicted octanol–water partition coefficient (Wildman–Crippen LogP) is 0.546. The number of carbonyl (C=O) groups excluding carboxylic acids is 1. The minimum absolute atomic E-state index is 0.409. The maximum absolute atomic E-state index is 11.2. The Hall–Kier alpha value is -1.75. The second-order valence-corrected chi connectivity index (χ2v) is 4.54. The van der Waals surface area contributed by atoms with Gasteiger partial charge >= 0.3 is 0 Å². The maximum Gasteiger partial charge on any atom is 0.248 e. The zero-order valence-electron chi connectivity index (χ0n) is 10.8. The molecule has 18 heavy (non-hydrogen) atoms. The first-order chi connectivity index (χ1) is 8.61. The van der Waals surface area contributed by atoms with Gasteiger partial charge in [-0.1, -0.05) is 0 Å². The Labute approximate surface area is 107 Å². The average Bonchev–Trinajstić information content (AvgIpc) is 2.39. The van der Waals surface area contributed by atoms with E-state index in [4.69, 9.17) is 10.5 Å². The van der Waals surface area contributed by atoms with Gasteiger partial charge in [-0.05, 0) is 25.2 Å². The van der Waals surface area contributed by atoms with Gasteiger partial charge in [-0.2, -0.15) is 0 Å². The number of benzene rings is 1. The third kappa shape index (κ3) is 2.56. The van der Waals surface area contributed by atoms with Gasteiger partial charge in [-0.3, -0.25) is 4.79 Å². The first kappa shape index (κ1) is 12.7. The number of amides is 1. The molecule has 0 atom stereocenters. The quantitative estimate of drug-likeness (QED) is 0.849. The summed E-state index contributed by atoms with van der Waals surface area (Å²) < 4.78 is 5.35. The van der Waals surface area contributed by atoms with Crippen LogP contribution in [0.2, 0.25) is 0 Å². The van der Waals surface area contributed by atoms with E-state index in [2.05, 4.69) is 16.8 Å². The smallest absolute Gasteiger partial charge is 0.248 e. The van der Waals surface area contributed by atoms with Crippen molar-refractivity contribution in [2.75, 3.05) is 45.2 Å². The first-order valence-electron chi connectivity index (χ1n) is 6.03. The van der Waals surface area contributed by atoms with Gasteiger partial charge in [0.05, 0.1) is 12.8 Å². The fourth-order valence-corrected chi connectivity index (χ4v) is 2.14. The first-order valence-corrected chi connectivity index (χ1v) is 6.03. The Kier molecular flexibility index (Phi) is 3.72. The Morgan fingerprint density at radius 2 is 1.94 bits per heavy atom. The summed E-state index contributed by atoms with van der Waals surface area (Å²) in [5.41, 5.74) is 6.78. The van der Waals surface area contributed by atoms with E-state index in [0.717, 1.165) is 37.6 Å². The number of methoxy groups -OCH3 is 1. The van der Waals surface area contributed by atoms with E-state index in [1.165, 1.54) is 0 Å². The van der Waals surface area contributed by atoms with Gasteiger partial charge < -0.3 is 20.3 Å². The fraction of sp³-hybridized carbons (Fsp3) is 0.462. The standard InChI is InChI=1S/C13H19N3O2/c1-15-5-7-16(8-6-15)11-9-10(13(14)17)3-4-12(11)18-2/h3-4,9H,5-8H2,1-2H3,(H2,14,17). The van der Waals surface area contributed by atoms with E-state index >= 15 is 0 Å². The number of hydrogen-bond acceptors (Lipinski definition) is 4. The number of nitrogens with zero attached hydrogens (tertiary/aromatic N) is 2. The minimum atomic E-state index is -0.409. The number of rotatable bonds is 3. The van der Waals surface area contributed by atoms with E-state index in [0.29, 0.717) is 5.56 Å². The molecule has 0 bridgehead atoms. The van der Waals surface area contributed by atoms with Gasteiger partial charge in [0, 0.05) is 31.7 Å². The predicted molar refractivity (Wildman–Crippen MR) is 71.2 cm³/mol. The van der Waals surface area contributed by atoms with E-state index in [1.54, 1.807) is 19.2 Å². The van der Waals surface area contributed by atoms with Crippen molar-refractivity contribution in [3.05, 3.63) is 23.8 Å². The molecule has 0 saturated carbocycles. The Morgan fingerprint density at radius 3 is 2.50 bits per heavy atom. The highest BCUT2D eigenvalue weighted by Crippen LogP contribution is 2.29. The molecule has 0 radical (unpaired) electrons. The molecule has 98 valence electrons. The molecule has 1 fully saturated rings.